The zero-order valence-corrected chi connectivity index (χ0v) is 10.9. The van der Waals surface area contributed by atoms with Crippen LogP contribution in [0.1, 0.15) is 24.3 Å². The molecule has 0 aliphatic heterocycles. The molecular weight excluding hydrogens is 264 g/mol. The second-order valence-corrected chi connectivity index (χ2v) is 3.99. The molecule has 8 heteroatoms. The molecular formula is C12H14N4O4. The quantitative estimate of drug-likeness (QED) is 0.629. The third-order valence-electron chi connectivity index (χ3n) is 2.64. The van der Waals surface area contributed by atoms with Crippen LogP contribution in [0.3, 0.4) is 0 Å². The number of benzene rings is 1. The highest BCUT2D eigenvalue weighted by Gasteiger charge is 2.12. The maximum Gasteiger partial charge on any atom is 0.270 e. The normalized spacial score (nSPS) is 10.5. The lowest BCUT2D eigenvalue weighted by molar-refractivity contribution is -0.384. The second kappa shape index (κ2) is 6.11. The molecule has 0 saturated heterocycles. The summed E-state index contributed by atoms with van der Waals surface area (Å²) in [5.74, 6) is 1.35. The number of non-ortho nitro benzene ring substituents is 1. The number of nitrogens with zero attached hydrogens (tertiary/aromatic N) is 3. The summed E-state index contributed by atoms with van der Waals surface area (Å²) in [5.41, 5.74) is 6.09. The Bertz CT molecular complexity index is 611. The van der Waals surface area contributed by atoms with Crippen molar-refractivity contribution >= 4 is 5.69 Å². The zero-order valence-electron chi connectivity index (χ0n) is 10.9. The van der Waals surface area contributed by atoms with Crippen molar-refractivity contribution in [3.05, 3.63) is 45.7 Å². The van der Waals surface area contributed by atoms with Gasteiger partial charge >= 0.3 is 0 Å². The van der Waals surface area contributed by atoms with Crippen LogP contribution in [0, 0.1) is 10.1 Å². The van der Waals surface area contributed by atoms with Gasteiger partial charge in [-0.05, 0) is 6.07 Å². The van der Waals surface area contributed by atoms with E-state index in [1.165, 1.54) is 18.2 Å². The Hall–Kier alpha value is -2.48. The molecule has 20 heavy (non-hydrogen) atoms. The molecule has 0 bridgehead atoms. The molecule has 0 aliphatic carbocycles. The number of nitro benzene ring substituents is 1. The highest BCUT2D eigenvalue weighted by atomic mass is 16.6. The molecule has 1 aromatic heterocycles. The van der Waals surface area contributed by atoms with Crippen LogP contribution in [0.4, 0.5) is 5.69 Å². The Balaban J connectivity index is 2.10. The second-order valence-electron chi connectivity index (χ2n) is 3.99. The molecule has 2 rings (SSSR count). The van der Waals surface area contributed by atoms with E-state index in [0.29, 0.717) is 29.5 Å². The van der Waals surface area contributed by atoms with Crippen LogP contribution in [0.15, 0.2) is 22.6 Å². The van der Waals surface area contributed by atoms with Crippen LogP contribution in [-0.2, 0) is 19.6 Å². The van der Waals surface area contributed by atoms with Gasteiger partial charge in [-0.15, -0.1) is 10.2 Å². The minimum atomic E-state index is -0.478. The van der Waals surface area contributed by atoms with Gasteiger partial charge in [0.25, 0.3) is 11.6 Å². The third kappa shape index (κ3) is 3.09. The van der Waals surface area contributed by atoms with Gasteiger partial charge in [0.1, 0.15) is 5.75 Å². The van der Waals surface area contributed by atoms with Crippen molar-refractivity contribution in [2.75, 3.05) is 0 Å². The van der Waals surface area contributed by atoms with Gasteiger partial charge in [-0.3, -0.25) is 10.1 Å². The summed E-state index contributed by atoms with van der Waals surface area (Å²) in [6.45, 7) is 2.14. The summed E-state index contributed by atoms with van der Waals surface area (Å²) in [6, 6.07) is 4.26. The summed E-state index contributed by atoms with van der Waals surface area (Å²) in [7, 11) is 0. The predicted molar refractivity (Wildman–Crippen MR) is 69.0 cm³/mol. The van der Waals surface area contributed by atoms with E-state index in [-0.39, 0.29) is 18.8 Å². The van der Waals surface area contributed by atoms with E-state index in [0.717, 1.165) is 0 Å². The van der Waals surface area contributed by atoms with Crippen molar-refractivity contribution in [2.45, 2.75) is 26.5 Å². The van der Waals surface area contributed by atoms with Crippen molar-refractivity contribution in [2.24, 2.45) is 5.73 Å². The fourth-order valence-corrected chi connectivity index (χ4v) is 1.61. The summed E-state index contributed by atoms with van der Waals surface area (Å²) in [5, 5.41) is 18.3. The van der Waals surface area contributed by atoms with Crippen LogP contribution in [0.5, 0.6) is 5.75 Å². The van der Waals surface area contributed by atoms with E-state index in [4.69, 9.17) is 14.9 Å². The first-order chi connectivity index (χ1) is 9.63. The van der Waals surface area contributed by atoms with E-state index in [9.17, 15) is 10.1 Å². The van der Waals surface area contributed by atoms with Gasteiger partial charge in [0.15, 0.2) is 6.61 Å². The smallest absolute Gasteiger partial charge is 0.270 e. The monoisotopic (exact) mass is 278 g/mol. The average molecular weight is 278 g/mol. The van der Waals surface area contributed by atoms with Crippen LogP contribution >= 0.6 is 0 Å². The average Bonchev–Trinajstić information content (AvgIpc) is 2.92. The number of nitro groups is 1. The number of hydrogen-bond donors (Lipinski definition) is 1. The lowest BCUT2D eigenvalue weighted by Gasteiger charge is -2.08. The van der Waals surface area contributed by atoms with Crippen molar-refractivity contribution in [3.63, 3.8) is 0 Å². The molecule has 0 fully saturated rings. The van der Waals surface area contributed by atoms with Crippen LogP contribution in [0.2, 0.25) is 0 Å². The molecule has 0 amide bonds. The largest absolute Gasteiger partial charge is 0.483 e. The van der Waals surface area contributed by atoms with Crippen molar-refractivity contribution in [1.82, 2.24) is 10.2 Å². The maximum absolute atomic E-state index is 10.7. The number of aryl methyl sites for hydroxylation is 1. The third-order valence-corrected chi connectivity index (χ3v) is 2.64. The number of hydrogen-bond acceptors (Lipinski definition) is 7. The Morgan fingerprint density at radius 1 is 1.40 bits per heavy atom. The molecule has 2 N–H and O–H groups in total. The van der Waals surface area contributed by atoms with Gasteiger partial charge in [-0.25, -0.2) is 0 Å². The first-order valence-corrected chi connectivity index (χ1v) is 6.05. The molecule has 1 heterocycles. The molecule has 0 radical (unpaired) electrons. The van der Waals surface area contributed by atoms with Gasteiger partial charge < -0.3 is 14.9 Å². The molecule has 0 unspecified atom stereocenters. The standard InChI is InChI=1S/C12H14N4O4/c1-2-11-14-15-12(20-11)7-19-10-4-3-9(16(17)18)5-8(10)6-13/h3-5H,2,6-7,13H2,1H3. The molecule has 0 saturated carbocycles. The summed E-state index contributed by atoms with van der Waals surface area (Å²) in [4.78, 5) is 10.2. The minimum absolute atomic E-state index is 0.0242. The number of aromatic nitrogens is 2. The molecule has 1 aromatic carbocycles. The van der Waals surface area contributed by atoms with E-state index in [1.54, 1.807) is 0 Å². The van der Waals surface area contributed by atoms with Crippen molar-refractivity contribution in [1.29, 1.82) is 0 Å². The summed E-state index contributed by atoms with van der Waals surface area (Å²) >= 11 is 0. The minimum Gasteiger partial charge on any atom is -0.483 e. The fourth-order valence-electron chi connectivity index (χ4n) is 1.61. The van der Waals surface area contributed by atoms with Crippen LogP contribution in [0.25, 0.3) is 0 Å². The molecule has 106 valence electrons. The van der Waals surface area contributed by atoms with E-state index in [2.05, 4.69) is 10.2 Å². The Labute approximate surface area is 114 Å². The highest BCUT2D eigenvalue weighted by molar-refractivity contribution is 5.43. The lowest BCUT2D eigenvalue weighted by Crippen LogP contribution is -2.04. The van der Waals surface area contributed by atoms with Gasteiger partial charge in [0.05, 0.1) is 4.92 Å². The Morgan fingerprint density at radius 3 is 2.75 bits per heavy atom. The number of rotatable bonds is 6. The summed E-state index contributed by atoms with van der Waals surface area (Å²) < 4.78 is 10.8. The topological polar surface area (TPSA) is 117 Å². The molecule has 0 aliphatic rings. The molecule has 0 spiro atoms. The first-order valence-electron chi connectivity index (χ1n) is 6.05. The van der Waals surface area contributed by atoms with Crippen LogP contribution < -0.4 is 10.5 Å². The summed E-state index contributed by atoms with van der Waals surface area (Å²) in [6.07, 6.45) is 0.651. The van der Waals surface area contributed by atoms with E-state index in [1.807, 2.05) is 6.92 Å². The van der Waals surface area contributed by atoms with Gasteiger partial charge in [0, 0.05) is 30.7 Å². The molecule has 2 aromatic rings. The lowest BCUT2D eigenvalue weighted by atomic mass is 10.2. The number of nitrogens with two attached hydrogens (primary N) is 1. The maximum atomic E-state index is 10.7. The fraction of sp³-hybridized carbons (Fsp3) is 0.333. The molecule has 8 nitrogen and oxygen atoms in total. The Kier molecular flexibility index (Phi) is 4.26. The zero-order chi connectivity index (χ0) is 14.5. The SMILES string of the molecule is CCc1nnc(COc2ccc([N+](=O)[O-])cc2CN)o1. The first kappa shape index (κ1) is 13.9. The van der Waals surface area contributed by atoms with E-state index >= 15 is 0 Å². The number of ether oxygens (including phenoxy) is 1. The molecule has 0 atom stereocenters. The predicted octanol–water partition coefficient (Wildman–Crippen LogP) is 1.58. The van der Waals surface area contributed by atoms with E-state index < -0.39 is 4.92 Å². The van der Waals surface area contributed by atoms with Gasteiger partial charge in [0.2, 0.25) is 5.89 Å². The van der Waals surface area contributed by atoms with Crippen molar-refractivity contribution < 1.29 is 14.1 Å². The Morgan fingerprint density at radius 2 is 2.15 bits per heavy atom. The highest BCUT2D eigenvalue weighted by Crippen LogP contribution is 2.24. The van der Waals surface area contributed by atoms with Crippen molar-refractivity contribution in [3.8, 4) is 5.75 Å². The van der Waals surface area contributed by atoms with Crippen LogP contribution in [-0.4, -0.2) is 15.1 Å². The van der Waals surface area contributed by atoms with Gasteiger partial charge in [-0.1, -0.05) is 6.92 Å². The van der Waals surface area contributed by atoms with Gasteiger partial charge in [-0.2, -0.15) is 0 Å².